The maximum Gasteiger partial charge on any atom is 0.416 e. The Morgan fingerprint density at radius 3 is 2.57 bits per heavy atom. The van der Waals surface area contributed by atoms with Crippen molar-refractivity contribution in [1.29, 1.82) is 0 Å². The number of carbonyl (C=O) groups is 1. The number of halogens is 5. The van der Waals surface area contributed by atoms with Gasteiger partial charge in [0.15, 0.2) is 5.82 Å². The molecule has 0 unspecified atom stereocenters. The van der Waals surface area contributed by atoms with E-state index < -0.39 is 17.8 Å². The number of amides is 2. The van der Waals surface area contributed by atoms with Gasteiger partial charge in [-0.15, -0.1) is 0 Å². The number of anilines is 2. The zero-order valence-electron chi connectivity index (χ0n) is 14.1. The van der Waals surface area contributed by atoms with E-state index in [4.69, 9.17) is 0 Å². The Kier molecular flexibility index (Phi) is 5.68. The summed E-state index contributed by atoms with van der Waals surface area (Å²) in [6.45, 7) is 0.141. The minimum Gasteiger partial charge on any atom is -0.308 e. The fourth-order valence-corrected chi connectivity index (χ4v) is 2.82. The van der Waals surface area contributed by atoms with Crippen LogP contribution in [0.2, 0.25) is 0 Å². The first-order valence-electron chi connectivity index (χ1n) is 7.94. The van der Waals surface area contributed by atoms with E-state index in [2.05, 4.69) is 31.7 Å². The molecule has 3 rings (SSSR count). The third kappa shape index (κ3) is 4.89. The molecule has 0 aliphatic heterocycles. The summed E-state index contributed by atoms with van der Waals surface area (Å²) in [6, 6.07) is 9.69. The van der Waals surface area contributed by atoms with Crippen LogP contribution in [0.4, 0.5) is 33.9 Å². The molecule has 0 saturated heterocycles. The molecule has 0 saturated carbocycles. The average Bonchev–Trinajstić information content (AvgIpc) is 2.95. The molecule has 0 spiro atoms. The molecule has 2 amide bonds. The van der Waals surface area contributed by atoms with Gasteiger partial charge in [-0.1, -0.05) is 24.3 Å². The van der Waals surface area contributed by atoms with Crippen LogP contribution in [0.25, 0.3) is 0 Å². The molecule has 2 N–H and O–H groups in total. The number of nitrogens with one attached hydrogen (secondary N) is 2. The second-order valence-corrected chi connectivity index (χ2v) is 6.63. The minimum atomic E-state index is -4.51. The lowest BCUT2D eigenvalue weighted by Gasteiger charge is -2.10. The van der Waals surface area contributed by atoms with E-state index in [-0.39, 0.29) is 23.9 Å². The molecular formula is C18H13BrF4N4O. The largest absolute Gasteiger partial charge is 0.416 e. The van der Waals surface area contributed by atoms with Crippen LogP contribution in [0.1, 0.15) is 11.1 Å². The Bertz CT molecular complexity index is 1000. The molecule has 10 heteroatoms. The number of carbonyl (C=O) groups excluding carboxylic acids is 1. The molecule has 0 bridgehead atoms. The second-order valence-electron chi connectivity index (χ2n) is 5.77. The van der Waals surface area contributed by atoms with Crippen LogP contribution in [-0.2, 0) is 12.7 Å². The van der Waals surface area contributed by atoms with Gasteiger partial charge in [0.1, 0.15) is 5.82 Å². The SMILES string of the molecule is O=C(Nc1cccc(C(F)(F)F)c1)Nc1nn(Cc2ccccc2F)cc1Br. The lowest BCUT2D eigenvalue weighted by atomic mass is 10.2. The molecular weight excluding hydrogens is 444 g/mol. The number of benzene rings is 2. The number of alkyl halides is 3. The third-order valence-corrected chi connectivity index (χ3v) is 4.27. The number of urea groups is 1. The Hall–Kier alpha value is -2.88. The zero-order chi connectivity index (χ0) is 20.3. The summed E-state index contributed by atoms with van der Waals surface area (Å²) in [5, 5.41) is 8.89. The highest BCUT2D eigenvalue weighted by Crippen LogP contribution is 2.30. The minimum absolute atomic E-state index is 0.0192. The van der Waals surface area contributed by atoms with E-state index in [1.54, 1.807) is 24.4 Å². The van der Waals surface area contributed by atoms with Crippen molar-refractivity contribution in [2.45, 2.75) is 12.7 Å². The maximum absolute atomic E-state index is 13.7. The van der Waals surface area contributed by atoms with Gasteiger partial charge in [-0.3, -0.25) is 10.00 Å². The lowest BCUT2D eigenvalue weighted by Crippen LogP contribution is -2.20. The molecule has 28 heavy (non-hydrogen) atoms. The first kappa shape index (κ1) is 19.9. The third-order valence-electron chi connectivity index (χ3n) is 3.69. The lowest BCUT2D eigenvalue weighted by molar-refractivity contribution is -0.137. The van der Waals surface area contributed by atoms with Crippen LogP contribution in [0.15, 0.2) is 59.2 Å². The summed E-state index contributed by atoms with van der Waals surface area (Å²) in [6.07, 6.45) is -2.96. The predicted octanol–water partition coefficient (Wildman–Crippen LogP) is 5.50. The van der Waals surface area contributed by atoms with Crippen molar-refractivity contribution in [3.63, 3.8) is 0 Å². The number of nitrogens with zero attached hydrogens (tertiary/aromatic N) is 2. The van der Waals surface area contributed by atoms with Crippen molar-refractivity contribution in [2.24, 2.45) is 0 Å². The fourth-order valence-electron chi connectivity index (χ4n) is 2.41. The molecule has 0 radical (unpaired) electrons. The van der Waals surface area contributed by atoms with Crippen molar-refractivity contribution in [3.05, 3.63) is 76.1 Å². The number of hydrogen-bond acceptors (Lipinski definition) is 2. The number of aromatic nitrogens is 2. The Labute approximate surface area is 165 Å². The molecule has 0 fully saturated rings. The van der Waals surface area contributed by atoms with Gasteiger partial charge in [0.2, 0.25) is 0 Å². The van der Waals surface area contributed by atoms with Gasteiger partial charge in [-0.25, -0.2) is 9.18 Å². The molecule has 3 aromatic rings. The van der Waals surface area contributed by atoms with Crippen molar-refractivity contribution in [3.8, 4) is 0 Å². The zero-order valence-corrected chi connectivity index (χ0v) is 15.7. The smallest absolute Gasteiger partial charge is 0.308 e. The number of hydrogen-bond donors (Lipinski definition) is 2. The first-order valence-corrected chi connectivity index (χ1v) is 8.73. The summed E-state index contributed by atoms with van der Waals surface area (Å²) in [7, 11) is 0. The van der Waals surface area contributed by atoms with Crippen LogP contribution in [0.5, 0.6) is 0 Å². The van der Waals surface area contributed by atoms with Crippen LogP contribution >= 0.6 is 15.9 Å². The van der Waals surface area contributed by atoms with Crippen molar-refractivity contribution in [2.75, 3.05) is 10.6 Å². The van der Waals surface area contributed by atoms with Crippen LogP contribution < -0.4 is 10.6 Å². The normalized spacial score (nSPS) is 11.3. The van der Waals surface area contributed by atoms with Crippen LogP contribution in [0.3, 0.4) is 0 Å². The first-order chi connectivity index (χ1) is 13.2. The summed E-state index contributed by atoms with van der Waals surface area (Å²) < 4.78 is 53.8. The van der Waals surface area contributed by atoms with E-state index in [0.29, 0.717) is 10.0 Å². The highest BCUT2D eigenvalue weighted by molar-refractivity contribution is 9.10. The van der Waals surface area contributed by atoms with Gasteiger partial charge >= 0.3 is 12.2 Å². The predicted molar refractivity (Wildman–Crippen MR) is 99.5 cm³/mol. The van der Waals surface area contributed by atoms with E-state index in [9.17, 15) is 22.4 Å². The Morgan fingerprint density at radius 1 is 1.11 bits per heavy atom. The Morgan fingerprint density at radius 2 is 1.86 bits per heavy atom. The summed E-state index contributed by atoms with van der Waals surface area (Å²) >= 11 is 3.23. The molecule has 1 heterocycles. The average molecular weight is 457 g/mol. The van der Waals surface area contributed by atoms with E-state index >= 15 is 0 Å². The van der Waals surface area contributed by atoms with Gasteiger partial charge in [-0.05, 0) is 40.2 Å². The van der Waals surface area contributed by atoms with Gasteiger partial charge in [0, 0.05) is 17.4 Å². The molecule has 1 aromatic heterocycles. The van der Waals surface area contributed by atoms with Gasteiger partial charge in [0.05, 0.1) is 16.6 Å². The molecule has 0 aliphatic rings. The summed E-state index contributed by atoms with van der Waals surface area (Å²) in [5.41, 5.74) is -0.479. The molecule has 2 aromatic carbocycles. The summed E-state index contributed by atoms with van der Waals surface area (Å²) in [4.78, 5) is 12.1. The molecule has 0 aliphatic carbocycles. The van der Waals surface area contributed by atoms with Crippen LogP contribution in [0, 0.1) is 5.82 Å². The van der Waals surface area contributed by atoms with Gasteiger partial charge < -0.3 is 5.32 Å². The molecule has 5 nitrogen and oxygen atoms in total. The Balaban J connectivity index is 1.68. The van der Waals surface area contributed by atoms with Gasteiger partial charge in [0.25, 0.3) is 0 Å². The second kappa shape index (κ2) is 8.01. The quantitative estimate of drug-likeness (QED) is 0.509. The van der Waals surface area contributed by atoms with Crippen molar-refractivity contribution < 1.29 is 22.4 Å². The molecule has 146 valence electrons. The van der Waals surface area contributed by atoms with Crippen molar-refractivity contribution >= 4 is 33.5 Å². The topological polar surface area (TPSA) is 59.0 Å². The molecule has 0 atom stereocenters. The highest BCUT2D eigenvalue weighted by atomic mass is 79.9. The highest BCUT2D eigenvalue weighted by Gasteiger charge is 2.30. The standard InChI is InChI=1S/C18H13BrF4N4O/c19-14-10-27(9-11-4-1-2-7-15(11)20)26-16(14)25-17(28)24-13-6-3-5-12(8-13)18(21,22)23/h1-8,10H,9H2,(H2,24,25,26,28). The maximum atomic E-state index is 13.7. The fraction of sp³-hybridized carbons (Fsp3) is 0.111. The monoisotopic (exact) mass is 456 g/mol. The van der Waals surface area contributed by atoms with E-state index in [1.807, 2.05) is 0 Å². The van der Waals surface area contributed by atoms with Crippen molar-refractivity contribution in [1.82, 2.24) is 9.78 Å². The van der Waals surface area contributed by atoms with Crippen LogP contribution in [-0.4, -0.2) is 15.8 Å². The van der Waals surface area contributed by atoms with Gasteiger partial charge in [-0.2, -0.15) is 18.3 Å². The van der Waals surface area contributed by atoms with E-state index in [1.165, 1.54) is 22.9 Å². The summed E-state index contributed by atoms with van der Waals surface area (Å²) in [5.74, 6) is -0.244. The van der Waals surface area contributed by atoms with E-state index in [0.717, 1.165) is 12.1 Å². The number of rotatable bonds is 4.